The Morgan fingerprint density at radius 2 is 2.05 bits per heavy atom. The predicted molar refractivity (Wildman–Crippen MR) is 80.3 cm³/mol. The van der Waals surface area contributed by atoms with E-state index in [9.17, 15) is 4.79 Å². The molecule has 3 rings (SSSR count). The molecule has 3 aromatic rings. The molecule has 0 saturated heterocycles. The van der Waals surface area contributed by atoms with Gasteiger partial charge in [0.2, 0.25) is 0 Å². The summed E-state index contributed by atoms with van der Waals surface area (Å²) in [7, 11) is 0. The number of benzene rings is 1. The molecular weight excluding hydrogens is 288 g/mol. The van der Waals surface area contributed by atoms with E-state index >= 15 is 0 Å². The van der Waals surface area contributed by atoms with E-state index in [1.807, 2.05) is 19.1 Å². The van der Waals surface area contributed by atoms with Crippen LogP contribution in [0, 0.1) is 6.92 Å². The number of carbonyl (C=O) groups is 1. The van der Waals surface area contributed by atoms with E-state index in [4.69, 9.17) is 11.6 Å². The van der Waals surface area contributed by atoms with E-state index in [0.29, 0.717) is 22.9 Å². The molecule has 0 radical (unpaired) electrons. The van der Waals surface area contributed by atoms with E-state index in [1.165, 1.54) is 0 Å². The molecule has 21 heavy (non-hydrogen) atoms. The summed E-state index contributed by atoms with van der Waals surface area (Å²) in [5.74, 6) is -0.211. The van der Waals surface area contributed by atoms with Gasteiger partial charge in [-0.2, -0.15) is 5.10 Å². The second-order valence-corrected chi connectivity index (χ2v) is 5.13. The standard InChI is InChI=1S/C15H13ClN4O/c1-10-8-13(19-14-6-7-18-20(10)14)15(21)17-9-11-2-4-12(16)5-3-11/h2-8H,9H2,1H3,(H,17,21). The lowest BCUT2D eigenvalue weighted by atomic mass is 10.2. The van der Waals surface area contributed by atoms with Crippen molar-refractivity contribution in [3.8, 4) is 0 Å². The van der Waals surface area contributed by atoms with Gasteiger partial charge in [-0.3, -0.25) is 4.79 Å². The Hall–Kier alpha value is -2.40. The molecule has 0 fully saturated rings. The third-order valence-electron chi connectivity index (χ3n) is 3.14. The van der Waals surface area contributed by atoms with Crippen LogP contribution in [0.2, 0.25) is 5.02 Å². The lowest BCUT2D eigenvalue weighted by Crippen LogP contribution is -2.24. The first-order valence-corrected chi connectivity index (χ1v) is 6.85. The van der Waals surface area contributed by atoms with Gasteiger partial charge < -0.3 is 5.32 Å². The SMILES string of the molecule is Cc1cc(C(=O)NCc2ccc(Cl)cc2)nc2ccnn12. The highest BCUT2D eigenvalue weighted by Crippen LogP contribution is 2.10. The van der Waals surface area contributed by atoms with Crippen LogP contribution in [0.4, 0.5) is 0 Å². The van der Waals surface area contributed by atoms with Crippen molar-refractivity contribution < 1.29 is 4.79 Å². The molecule has 1 N–H and O–H groups in total. The van der Waals surface area contributed by atoms with Gasteiger partial charge in [0.1, 0.15) is 5.69 Å². The summed E-state index contributed by atoms with van der Waals surface area (Å²) in [5.41, 5.74) is 2.89. The van der Waals surface area contributed by atoms with Crippen molar-refractivity contribution in [3.63, 3.8) is 0 Å². The Kier molecular flexibility index (Phi) is 3.58. The molecule has 2 aromatic heterocycles. The van der Waals surface area contributed by atoms with Crippen LogP contribution in [0.5, 0.6) is 0 Å². The van der Waals surface area contributed by atoms with E-state index in [1.54, 1.807) is 35.0 Å². The van der Waals surface area contributed by atoms with Crippen LogP contribution in [0.1, 0.15) is 21.7 Å². The van der Waals surface area contributed by atoms with Gasteiger partial charge in [0.15, 0.2) is 5.65 Å². The number of amides is 1. The molecule has 0 bridgehead atoms. The first-order chi connectivity index (χ1) is 10.1. The van der Waals surface area contributed by atoms with Crippen molar-refractivity contribution in [2.45, 2.75) is 13.5 Å². The summed E-state index contributed by atoms with van der Waals surface area (Å²) in [4.78, 5) is 16.5. The van der Waals surface area contributed by atoms with Gasteiger partial charge in [0.05, 0.1) is 6.20 Å². The summed E-state index contributed by atoms with van der Waals surface area (Å²) >= 11 is 5.83. The number of aryl methyl sites for hydroxylation is 1. The van der Waals surface area contributed by atoms with E-state index < -0.39 is 0 Å². The van der Waals surface area contributed by atoms with Gasteiger partial charge in [0.25, 0.3) is 5.91 Å². The van der Waals surface area contributed by atoms with Crippen molar-refractivity contribution in [2.75, 3.05) is 0 Å². The number of nitrogens with zero attached hydrogens (tertiary/aromatic N) is 3. The molecule has 0 saturated carbocycles. The second kappa shape index (κ2) is 5.54. The lowest BCUT2D eigenvalue weighted by molar-refractivity contribution is 0.0946. The summed E-state index contributed by atoms with van der Waals surface area (Å²) in [6.07, 6.45) is 1.66. The van der Waals surface area contributed by atoms with Crippen LogP contribution >= 0.6 is 11.6 Å². The fourth-order valence-corrected chi connectivity index (χ4v) is 2.18. The van der Waals surface area contributed by atoms with E-state index in [2.05, 4.69) is 15.4 Å². The molecule has 0 aliphatic rings. The molecule has 0 aliphatic heterocycles. The van der Waals surface area contributed by atoms with Crippen LogP contribution in [-0.2, 0) is 6.54 Å². The minimum absolute atomic E-state index is 0.211. The van der Waals surface area contributed by atoms with Crippen LogP contribution < -0.4 is 5.32 Å². The summed E-state index contributed by atoms with van der Waals surface area (Å²) in [5, 5.41) is 7.65. The third-order valence-corrected chi connectivity index (χ3v) is 3.39. The van der Waals surface area contributed by atoms with Gasteiger partial charge >= 0.3 is 0 Å². The van der Waals surface area contributed by atoms with Gasteiger partial charge in [0, 0.05) is 23.3 Å². The molecule has 5 nitrogen and oxygen atoms in total. The molecule has 0 atom stereocenters. The summed E-state index contributed by atoms with van der Waals surface area (Å²) < 4.78 is 1.69. The maximum Gasteiger partial charge on any atom is 0.270 e. The second-order valence-electron chi connectivity index (χ2n) is 4.69. The molecular formula is C15H13ClN4O. The smallest absolute Gasteiger partial charge is 0.270 e. The minimum Gasteiger partial charge on any atom is -0.347 e. The average molecular weight is 301 g/mol. The van der Waals surface area contributed by atoms with E-state index in [-0.39, 0.29) is 5.91 Å². The third kappa shape index (κ3) is 2.87. The van der Waals surface area contributed by atoms with Crippen molar-refractivity contribution >= 4 is 23.2 Å². The Bertz CT molecular complexity index is 795. The molecule has 6 heteroatoms. The zero-order chi connectivity index (χ0) is 14.8. The van der Waals surface area contributed by atoms with Crippen molar-refractivity contribution in [1.82, 2.24) is 19.9 Å². The quantitative estimate of drug-likeness (QED) is 0.809. The zero-order valence-electron chi connectivity index (χ0n) is 11.4. The number of nitrogens with one attached hydrogen (secondary N) is 1. The molecule has 1 amide bonds. The van der Waals surface area contributed by atoms with Gasteiger partial charge in [-0.15, -0.1) is 0 Å². The molecule has 0 aliphatic carbocycles. The number of fused-ring (bicyclic) bond motifs is 1. The fraction of sp³-hybridized carbons (Fsp3) is 0.133. The van der Waals surface area contributed by atoms with Crippen molar-refractivity contribution in [1.29, 1.82) is 0 Å². The fourth-order valence-electron chi connectivity index (χ4n) is 2.06. The maximum absolute atomic E-state index is 12.2. The van der Waals surface area contributed by atoms with Crippen LogP contribution in [0.25, 0.3) is 5.65 Å². The van der Waals surface area contributed by atoms with Crippen LogP contribution in [0.3, 0.4) is 0 Å². The highest BCUT2D eigenvalue weighted by molar-refractivity contribution is 6.30. The number of rotatable bonds is 3. The maximum atomic E-state index is 12.2. The van der Waals surface area contributed by atoms with Crippen molar-refractivity contribution in [3.05, 3.63) is 64.6 Å². The highest BCUT2D eigenvalue weighted by Gasteiger charge is 2.10. The number of hydrogen-bond donors (Lipinski definition) is 1. The zero-order valence-corrected chi connectivity index (χ0v) is 12.1. The number of halogens is 1. The Labute approximate surface area is 126 Å². The Morgan fingerprint density at radius 1 is 1.29 bits per heavy atom. The van der Waals surface area contributed by atoms with Crippen LogP contribution in [0.15, 0.2) is 42.6 Å². The van der Waals surface area contributed by atoms with E-state index in [0.717, 1.165) is 11.3 Å². The first-order valence-electron chi connectivity index (χ1n) is 6.47. The van der Waals surface area contributed by atoms with Crippen molar-refractivity contribution in [2.24, 2.45) is 0 Å². The normalized spacial score (nSPS) is 10.8. The molecule has 1 aromatic carbocycles. The van der Waals surface area contributed by atoms with Gasteiger partial charge in [-0.25, -0.2) is 9.50 Å². The average Bonchev–Trinajstić information content (AvgIpc) is 2.95. The number of hydrogen-bond acceptors (Lipinski definition) is 3. The topological polar surface area (TPSA) is 59.3 Å². The summed E-state index contributed by atoms with van der Waals surface area (Å²) in [6, 6.07) is 10.8. The Morgan fingerprint density at radius 3 is 2.81 bits per heavy atom. The largest absolute Gasteiger partial charge is 0.347 e. The Balaban J connectivity index is 1.76. The monoisotopic (exact) mass is 300 g/mol. The number of carbonyl (C=O) groups excluding carboxylic acids is 1. The minimum atomic E-state index is -0.211. The molecule has 0 spiro atoms. The summed E-state index contributed by atoms with van der Waals surface area (Å²) in [6.45, 7) is 2.32. The first kappa shape index (κ1) is 13.6. The van der Waals surface area contributed by atoms with Crippen LogP contribution in [-0.4, -0.2) is 20.5 Å². The predicted octanol–water partition coefficient (Wildman–Crippen LogP) is 2.62. The number of aromatic nitrogens is 3. The molecule has 2 heterocycles. The lowest BCUT2D eigenvalue weighted by Gasteiger charge is -2.07. The molecule has 106 valence electrons. The van der Waals surface area contributed by atoms with Gasteiger partial charge in [-0.1, -0.05) is 23.7 Å². The molecule has 0 unspecified atom stereocenters. The van der Waals surface area contributed by atoms with Gasteiger partial charge in [-0.05, 0) is 30.7 Å². The highest BCUT2D eigenvalue weighted by atomic mass is 35.5.